The first kappa shape index (κ1) is 15.0. The molecule has 0 aromatic rings. The molecule has 1 atom stereocenters. The van der Waals surface area contributed by atoms with Gasteiger partial charge in [-0.15, -0.1) is 6.42 Å². The van der Waals surface area contributed by atoms with Crippen molar-refractivity contribution < 1.29 is 4.79 Å². The first-order valence-electron chi connectivity index (χ1n) is 6.78. The maximum absolute atomic E-state index is 11.8. The summed E-state index contributed by atoms with van der Waals surface area (Å²) in [6.45, 7) is 5.39. The van der Waals surface area contributed by atoms with E-state index < -0.39 is 0 Å². The number of carbonyl (C=O) groups is 1. The third-order valence-corrected chi connectivity index (χ3v) is 3.74. The van der Waals surface area contributed by atoms with Crippen LogP contribution >= 0.6 is 0 Å². The van der Waals surface area contributed by atoms with Gasteiger partial charge in [0.2, 0.25) is 5.91 Å². The van der Waals surface area contributed by atoms with Crippen LogP contribution in [0.3, 0.4) is 0 Å². The molecule has 1 rings (SSSR count). The van der Waals surface area contributed by atoms with Crippen molar-refractivity contribution in [3.8, 4) is 12.3 Å². The number of likely N-dealkylation sites (tertiary alicyclic amines) is 1. The summed E-state index contributed by atoms with van der Waals surface area (Å²) in [5.74, 6) is 3.27. The Kier molecular flexibility index (Phi) is 6.77. The Morgan fingerprint density at radius 3 is 2.72 bits per heavy atom. The molecule has 0 saturated carbocycles. The molecule has 1 aliphatic heterocycles. The monoisotopic (exact) mass is 251 g/mol. The van der Waals surface area contributed by atoms with E-state index in [-0.39, 0.29) is 11.9 Å². The topological polar surface area (TPSA) is 44.4 Å². The molecular formula is C14H25N3O. The minimum atomic E-state index is -0.0661. The van der Waals surface area contributed by atoms with Crippen LogP contribution in [0.2, 0.25) is 0 Å². The molecule has 0 aliphatic carbocycles. The predicted molar refractivity (Wildman–Crippen MR) is 74.1 cm³/mol. The van der Waals surface area contributed by atoms with Gasteiger partial charge in [-0.2, -0.15) is 0 Å². The smallest absolute Gasteiger partial charge is 0.237 e. The number of terminal acetylenes is 1. The highest BCUT2D eigenvalue weighted by Crippen LogP contribution is 2.21. The normalized spacial score (nSPS) is 19.2. The number of hydrogen-bond donors (Lipinski definition) is 2. The van der Waals surface area contributed by atoms with Gasteiger partial charge in [0.25, 0.3) is 0 Å². The lowest BCUT2D eigenvalue weighted by atomic mass is 9.93. The Bertz CT molecular complexity index is 290. The van der Waals surface area contributed by atoms with Crippen molar-refractivity contribution in [3.63, 3.8) is 0 Å². The highest BCUT2D eigenvalue weighted by Gasteiger charge is 2.25. The average Bonchev–Trinajstić information content (AvgIpc) is 2.42. The number of carbonyl (C=O) groups excluding carboxylic acids is 1. The Morgan fingerprint density at radius 1 is 1.50 bits per heavy atom. The molecule has 2 N–H and O–H groups in total. The third kappa shape index (κ3) is 4.67. The molecule has 0 aromatic heterocycles. The molecular weight excluding hydrogens is 226 g/mol. The standard InChI is InChI=1S/C14H25N3O/c1-4-8-16-14(18)12(2)17-10-6-13(7-11-17)5-9-15-3/h1,12-13,15H,5-11H2,2-3H3,(H,16,18). The second-order valence-corrected chi connectivity index (χ2v) is 4.97. The van der Waals surface area contributed by atoms with Crippen LogP contribution in [-0.4, -0.2) is 50.1 Å². The SMILES string of the molecule is C#CCNC(=O)C(C)N1CCC(CCNC)CC1. The summed E-state index contributed by atoms with van der Waals surface area (Å²) < 4.78 is 0. The first-order chi connectivity index (χ1) is 8.69. The highest BCUT2D eigenvalue weighted by molar-refractivity contribution is 5.81. The summed E-state index contributed by atoms with van der Waals surface area (Å²) >= 11 is 0. The second-order valence-electron chi connectivity index (χ2n) is 4.97. The van der Waals surface area contributed by atoms with Gasteiger partial charge < -0.3 is 10.6 Å². The number of rotatable bonds is 6. The van der Waals surface area contributed by atoms with Gasteiger partial charge in [0.15, 0.2) is 0 Å². The average molecular weight is 251 g/mol. The maximum atomic E-state index is 11.8. The number of hydrogen-bond acceptors (Lipinski definition) is 3. The second kappa shape index (κ2) is 8.12. The molecule has 4 nitrogen and oxygen atoms in total. The van der Waals surface area contributed by atoms with E-state index in [0.717, 1.165) is 25.6 Å². The molecule has 18 heavy (non-hydrogen) atoms. The largest absolute Gasteiger partial charge is 0.344 e. The Balaban J connectivity index is 2.29. The summed E-state index contributed by atoms with van der Waals surface area (Å²) in [4.78, 5) is 14.0. The summed E-state index contributed by atoms with van der Waals surface area (Å²) in [6.07, 6.45) is 8.75. The van der Waals surface area contributed by atoms with E-state index in [9.17, 15) is 4.79 Å². The Labute approximate surface area is 110 Å². The highest BCUT2D eigenvalue weighted by atomic mass is 16.2. The third-order valence-electron chi connectivity index (χ3n) is 3.74. The molecule has 0 radical (unpaired) electrons. The summed E-state index contributed by atoms with van der Waals surface area (Å²) in [6, 6.07) is -0.0661. The number of nitrogens with zero attached hydrogens (tertiary/aromatic N) is 1. The van der Waals surface area contributed by atoms with Crippen molar-refractivity contribution in [2.24, 2.45) is 5.92 Å². The molecule has 1 aliphatic rings. The quantitative estimate of drug-likeness (QED) is 0.674. The van der Waals surface area contributed by atoms with Crippen LogP contribution in [0.15, 0.2) is 0 Å². The minimum absolute atomic E-state index is 0.0432. The van der Waals surface area contributed by atoms with E-state index in [1.54, 1.807) is 0 Å². The Hall–Kier alpha value is -1.05. The van der Waals surface area contributed by atoms with Crippen molar-refractivity contribution in [1.82, 2.24) is 15.5 Å². The fourth-order valence-corrected chi connectivity index (χ4v) is 2.43. The summed E-state index contributed by atoms with van der Waals surface area (Å²) in [5.41, 5.74) is 0. The maximum Gasteiger partial charge on any atom is 0.237 e. The van der Waals surface area contributed by atoms with Gasteiger partial charge >= 0.3 is 0 Å². The van der Waals surface area contributed by atoms with E-state index in [1.807, 2.05) is 14.0 Å². The molecule has 1 heterocycles. The molecule has 1 fully saturated rings. The van der Waals surface area contributed by atoms with Crippen LogP contribution in [0.25, 0.3) is 0 Å². The van der Waals surface area contributed by atoms with Crippen molar-refractivity contribution in [1.29, 1.82) is 0 Å². The molecule has 1 unspecified atom stereocenters. The lowest BCUT2D eigenvalue weighted by Gasteiger charge is -2.35. The molecule has 0 aromatic carbocycles. The number of amides is 1. The van der Waals surface area contributed by atoms with Gasteiger partial charge in [-0.05, 0) is 58.8 Å². The van der Waals surface area contributed by atoms with Crippen LogP contribution < -0.4 is 10.6 Å². The molecule has 1 amide bonds. The van der Waals surface area contributed by atoms with Gasteiger partial charge in [0.05, 0.1) is 12.6 Å². The lowest BCUT2D eigenvalue weighted by molar-refractivity contribution is -0.126. The molecule has 102 valence electrons. The zero-order valence-electron chi connectivity index (χ0n) is 11.5. The zero-order chi connectivity index (χ0) is 13.4. The van der Waals surface area contributed by atoms with Crippen molar-refractivity contribution in [2.45, 2.75) is 32.2 Å². The van der Waals surface area contributed by atoms with E-state index in [0.29, 0.717) is 6.54 Å². The van der Waals surface area contributed by atoms with Crippen LogP contribution in [0, 0.1) is 18.3 Å². The number of nitrogens with one attached hydrogen (secondary N) is 2. The predicted octanol–water partition coefficient (Wildman–Crippen LogP) is 0.446. The van der Waals surface area contributed by atoms with E-state index in [2.05, 4.69) is 21.5 Å². The van der Waals surface area contributed by atoms with Crippen molar-refractivity contribution in [2.75, 3.05) is 33.2 Å². The fraction of sp³-hybridized carbons (Fsp3) is 0.786. The van der Waals surface area contributed by atoms with Crippen molar-refractivity contribution >= 4 is 5.91 Å². The van der Waals surface area contributed by atoms with Crippen LogP contribution in [0.1, 0.15) is 26.2 Å². The van der Waals surface area contributed by atoms with Gasteiger partial charge in [-0.25, -0.2) is 0 Å². The number of piperidine rings is 1. The summed E-state index contributed by atoms with van der Waals surface area (Å²) in [5, 5.41) is 5.94. The first-order valence-corrected chi connectivity index (χ1v) is 6.78. The zero-order valence-corrected chi connectivity index (χ0v) is 11.5. The Morgan fingerprint density at radius 2 is 2.17 bits per heavy atom. The van der Waals surface area contributed by atoms with Gasteiger partial charge in [-0.3, -0.25) is 9.69 Å². The van der Waals surface area contributed by atoms with Gasteiger partial charge in [-0.1, -0.05) is 5.92 Å². The van der Waals surface area contributed by atoms with E-state index in [1.165, 1.54) is 19.3 Å². The summed E-state index contributed by atoms with van der Waals surface area (Å²) in [7, 11) is 1.99. The van der Waals surface area contributed by atoms with E-state index >= 15 is 0 Å². The molecule has 0 spiro atoms. The minimum Gasteiger partial charge on any atom is -0.344 e. The van der Waals surface area contributed by atoms with Crippen LogP contribution in [0.5, 0.6) is 0 Å². The molecule has 4 heteroatoms. The lowest BCUT2D eigenvalue weighted by Crippen LogP contribution is -2.48. The molecule has 1 saturated heterocycles. The van der Waals surface area contributed by atoms with Crippen LogP contribution in [-0.2, 0) is 4.79 Å². The fourth-order valence-electron chi connectivity index (χ4n) is 2.43. The van der Waals surface area contributed by atoms with Gasteiger partial charge in [0, 0.05) is 0 Å². The van der Waals surface area contributed by atoms with Crippen molar-refractivity contribution in [3.05, 3.63) is 0 Å². The molecule has 0 bridgehead atoms. The van der Waals surface area contributed by atoms with Crippen LogP contribution in [0.4, 0.5) is 0 Å². The van der Waals surface area contributed by atoms with E-state index in [4.69, 9.17) is 6.42 Å². The van der Waals surface area contributed by atoms with Gasteiger partial charge in [0.1, 0.15) is 0 Å².